The smallest absolute Gasteiger partial charge is 0.231 e. The van der Waals surface area contributed by atoms with Gasteiger partial charge < -0.3 is 15.3 Å². The summed E-state index contributed by atoms with van der Waals surface area (Å²) in [4.78, 5) is 14.1. The topological polar surface area (TPSA) is 120 Å². The minimum absolute atomic E-state index is 0.339. The van der Waals surface area contributed by atoms with E-state index < -0.39 is 17.4 Å². The number of nitrogens with one attached hydrogen (secondary N) is 1. The standard InChI is InChI=1S/C8H15N5O3/c1-8(2,16-4)5(7(14)10-3)6(12-15)11-13-9/h5,15H,1-4H3,(H,10,14)/b12-6-. The largest absolute Gasteiger partial charge is 0.411 e. The number of carbonyl (C=O) groups is 1. The van der Waals surface area contributed by atoms with Crippen LogP contribution in [0.2, 0.25) is 0 Å². The summed E-state index contributed by atoms with van der Waals surface area (Å²) in [6.45, 7) is 3.23. The van der Waals surface area contributed by atoms with Gasteiger partial charge in [0.1, 0.15) is 5.92 Å². The second-order valence-corrected chi connectivity index (χ2v) is 3.50. The van der Waals surface area contributed by atoms with Crippen molar-refractivity contribution in [1.82, 2.24) is 5.32 Å². The normalized spacial score (nSPS) is 13.9. The zero-order valence-corrected chi connectivity index (χ0v) is 9.63. The SMILES string of the molecule is CNC(=O)C(/C(N=[N+]=[N-])=N/O)C(C)(C)OC. The zero-order valence-electron chi connectivity index (χ0n) is 9.63. The van der Waals surface area contributed by atoms with Gasteiger partial charge in [0.05, 0.1) is 5.60 Å². The molecule has 0 rings (SSSR count). The molecular formula is C8H15N5O3. The number of amides is 1. The van der Waals surface area contributed by atoms with Crippen molar-refractivity contribution >= 4 is 11.7 Å². The molecule has 0 aliphatic heterocycles. The Morgan fingerprint density at radius 2 is 2.19 bits per heavy atom. The highest BCUT2D eigenvalue weighted by molar-refractivity contribution is 6.04. The molecule has 0 fully saturated rings. The minimum Gasteiger partial charge on any atom is -0.411 e. The van der Waals surface area contributed by atoms with E-state index in [0.29, 0.717) is 0 Å². The van der Waals surface area contributed by atoms with Crippen LogP contribution in [0.4, 0.5) is 0 Å². The van der Waals surface area contributed by atoms with Crippen molar-refractivity contribution in [3.05, 3.63) is 10.4 Å². The van der Waals surface area contributed by atoms with Crippen LogP contribution in [0.25, 0.3) is 10.4 Å². The molecular weight excluding hydrogens is 214 g/mol. The average molecular weight is 229 g/mol. The van der Waals surface area contributed by atoms with Crippen LogP contribution >= 0.6 is 0 Å². The molecule has 1 unspecified atom stereocenters. The van der Waals surface area contributed by atoms with E-state index in [9.17, 15) is 4.79 Å². The van der Waals surface area contributed by atoms with Crippen LogP contribution in [0.5, 0.6) is 0 Å². The van der Waals surface area contributed by atoms with Gasteiger partial charge in [-0.1, -0.05) is 5.16 Å². The molecule has 0 heterocycles. The van der Waals surface area contributed by atoms with Gasteiger partial charge in [0.15, 0.2) is 5.84 Å². The molecule has 2 N–H and O–H groups in total. The maximum Gasteiger partial charge on any atom is 0.231 e. The van der Waals surface area contributed by atoms with Gasteiger partial charge in [-0.05, 0) is 24.5 Å². The number of hydrogen-bond donors (Lipinski definition) is 2. The summed E-state index contributed by atoms with van der Waals surface area (Å²) in [6.07, 6.45) is 0. The quantitative estimate of drug-likeness (QED) is 0.141. The second-order valence-electron chi connectivity index (χ2n) is 3.50. The molecule has 0 radical (unpaired) electrons. The molecule has 0 aromatic rings. The number of rotatable bonds is 4. The average Bonchev–Trinajstić information content (AvgIpc) is 2.27. The lowest BCUT2D eigenvalue weighted by atomic mass is 9.89. The highest BCUT2D eigenvalue weighted by atomic mass is 16.5. The van der Waals surface area contributed by atoms with Crippen molar-refractivity contribution in [3.63, 3.8) is 0 Å². The molecule has 0 saturated carbocycles. The third-order valence-corrected chi connectivity index (χ3v) is 2.24. The first kappa shape index (κ1) is 14.2. The van der Waals surface area contributed by atoms with Crippen molar-refractivity contribution in [3.8, 4) is 0 Å². The van der Waals surface area contributed by atoms with Crippen LogP contribution < -0.4 is 5.32 Å². The van der Waals surface area contributed by atoms with E-state index in [1.165, 1.54) is 14.2 Å². The summed E-state index contributed by atoms with van der Waals surface area (Å²) in [6, 6.07) is 0. The first-order chi connectivity index (χ1) is 7.44. The van der Waals surface area contributed by atoms with Gasteiger partial charge in [-0.15, -0.1) is 0 Å². The molecule has 0 saturated heterocycles. The second kappa shape index (κ2) is 5.94. The Balaban J connectivity index is 5.40. The highest BCUT2D eigenvalue weighted by Gasteiger charge is 2.39. The fourth-order valence-corrected chi connectivity index (χ4v) is 1.19. The molecule has 0 spiro atoms. The van der Waals surface area contributed by atoms with E-state index in [0.717, 1.165) is 0 Å². The van der Waals surface area contributed by atoms with E-state index in [-0.39, 0.29) is 5.84 Å². The molecule has 0 aliphatic rings. The minimum atomic E-state index is -0.997. The third kappa shape index (κ3) is 3.11. The Labute approximate surface area is 92.9 Å². The van der Waals surface area contributed by atoms with Crippen molar-refractivity contribution < 1.29 is 14.7 Å². The molecule has 0 aromatic carbocycles. The van der Waals surface area contributed by atoms with Crippen molar-refractivity contribution in [2.24, 2.45) is 16.2 Å². The Bertz CT molecular complexity index is 333. The third-order valence-electron chi connectivity index (χ3n) is 2.24. The molecule has 90 valence electrons. The molecule has 8 nitrogen and oxygen atoms in total. The van der Waals surface area contributed by atoms with Gasteiger partial charge in [0.25, 0.3) is 0 Å². The number of hydrogen-bond acceptors (Lipinski definition) is 4. The van der Waals surface area contributed by atoms with Crippen molar-refractivity contribution in [2.45, 2.75) is 19.4 Å². The number of azide groups is 1. The summed E-state index contributed by atoms with van der Waals surface area (Å²) in [7, 11) is 2.83. The lowest BCUT2D eigenvalue weighted by Gasteiger charge is -2.30. The lowest BCUT2D eigenvalue weighted by Crippen LogP contribution is -2.47. The first-order valence-corrected chi connectivity index (χ1v) is 4.48. The Hall–Kier alpha value is -1.79. The van der Waals surface area contributed by atoms with E-state index in [2.05, 4.69) is 20.5 Å². The van der Waals surface area contributed by atoms with Gasteiger partial charge in [0.2, 0.25) is 5.91 Å². The zero-order chi connectivity index (χ0) is 12.8. The van der Waals surface area contributed by atoms with Crippen LogP contribution in [-0.4, -0.2) is 36.7 Å². The highest BCUT2D eigenvalue weighted by Crippen LogP contribution is 2.23. The summed E-state index contributed by atoms with van der Waals surface area (Å²) < 4.78 is 5.12. The molecule has 16 heavy (non-hydrogen) atoms. The predicted molar refractivity (Wildman–Crippen MR) is 57.0 cm³/mol. The molecule has 0 aromatic heterocycles. The number of methoxy groups -OCH3 is 1. The first-order valence-electron chi connectivity index (χ1n) is 4.48. The Morgan fingerprint density at radius 3 is 2.50 bits per heavy atom. The van der Waals surface area contributed by atoms with Gasteiger partial charge in [-0.2, -0.15) is 0 Å². The van der Waals surface area contributed by atoms with Crippen LogP contribution in [0, 0.1) is 5.92 Å². The van der Waals surface area contributed by atoms with E-state index in [1.54, 1.807) is 13.8 Å². The van der Waals surface area contributed by atoms with Crippen LogP contribution in [-0.2, 0) is 9.53 Å². The molecule has 0 aliphatic carbocycles. The number of carbonyl (C=O) groups excluding carboxylic acids is 1. The number of amidine groups is 1. The van der Waals surface area contributed by atoms with Gasteiger partial charge in [-0.25, -0.2) is 0 Å². The molecule has 1 amide bonds. The summed E-state index contributed by atoms with van der Waals surface area (Å²) in [5.41, 5.74) is 7.34. The monoisotopic (exact) mass is 229 g/mol. The molecule has 0 bridgehead atoms. The predicted octanol–water partition coefficient (Wildman–Crippen LogP) is 0.872. The fourth-order valence-electron chi connectivity index (χ4n) is 1.19. The van der Waals surface area contributed by atoms with Gasteiger partial charge in [0, 0.05) is 19.1 Å². The molecule has 1 atom stereocenters. The number of oxime groups is 1. The van der Waals surface area contributed by atoms with Crippen molar-refractivity contribution in [1.29, 1.82) is 0 Å². The summed E-state index contributed by atoms with van der Waals surface area (Å²) in [5, 5.41) is 17.1. The van der Waals surface area contributed by atoms with E-state index in [1.807, 2.05) is 0 Å². The van der Waals surface area contributed by atoms with Gasteiger partial charge >= 0.3 is 0 Å². The lowest BCUT2D eigenvalue weighted by molar-refractivity contribution is -0.129. The Morgan fingerprint density at radius 1 is 1.62 bits per heavy atom. The van der Waals surface area contributed by atoms with E-state index in [4.69, 9.17) is 15.5 Å². The molecule has 8 heteroatoms. The van der Waals surface area contributed by atoms with Crippen LogP contribution in [0.3, 0.4) is 0 Å². The number of ether oxygens (including phenoxy) is 1. The van der Waals surface area contributed by atoms with Gasteiger partial charge in [-0.3, -0.25) is 4.79 Å². The Kier molecular flexibility index (Phi) is 5.27. The van der Waals surface area contributed by atoms with Crippen LogP contribution in [0.1, 0.15) is 13.8 Å². The van der Waals surface area contributed by atoms with E-state index >= 15 is 0 Å². The van der Waals surface area contributed by atoms with Crippen LogP contribution in [0.15, 0.2) is 10.3 Å². The maximum absolute atomic E-state index is 11.6. The van der Waals surface area contributed by atoms with Crippen molar-refractivity contribution in [2.75, 3.05) is 14.2 Å². The summed E-state index contributed by atoms with van der Waals surface area (Å²) in [5.74, 6) is -1.80. The fraction of sp³-hybridized carbons (Fsp3) is 0.750. The number of nitrogens with zero attached hydrogens (tertiary/aromatic N) is 4. The maximum atomic E-state index is 11.6. The summed E-state index contributed by atoms with van der Waals surface area (Å²) >= 11 is 0.